The van der Waals surface area contributed by atoms with Crippen LogP contribution in [0.5, 0.6) is 0 Å². The van der Waals surface area contributed by atoms with Crippen LogP contribution in [0, 0.1) is 28.9 Å². The number of thiophene rings is 1. The minimum atomic E-state index is -2.56. The molecule has 2 atom stereocenters. The van der Waals surface area contributed by atoms with Crippen LogP contribution >= 0.6 is 11.3 Å². The van der Waals surface area contributed by atoms with Gasteiger partial charge in [0.25, 0.3) is 0 Å². The topological polar surface area (TPSA) is 116 Å². The highest BCUT2D eigenvalue weighted by Crippen LogP contribution is 2.46. The van der Waals surface area contributed by atoms with Crippen LogP contribution in [0.3, 0.4) is 0 Å². The lowest BCUT2D eigenvalue weighted by atomic mass is 9.94. The van der Waals surface area contributed by atoms with Crippen molar-refractivity contribution in [3.8, 4) is 17.3 Å². The first-order valence-electron chi connectivity index (χ1n) is 14.1. The molecule has 45 heavy (non-hydrogen) atoms. The molecule has 5 heterocycles. The van der Waals surface area contributed by atoms with Gasteiger partial charge in [-0.25, -0.2) is 32.3 Å². The maximum absolute atomic E-state index is 16.8. The number of ether oxygens (including phenoxy) is 2. The van der Waals surface area contributed by atoms with Gasteiger partial charge in [0.05, 0.1) is 41.3 Å². The highest BCUT2D eigenvalue weighted by molar-refractivity contribution is 7.23. The third-order valence-electron chi connectivity index (χ3n) is 7.92. The Bertz CT molecular complexity index is 1870. The Balaban J connectivity index is 1.52. The number of alkyl halides is 2. The van der Waals surface area contributed by atoms with Crippen molar-refractivity contribution in [3.63, 3.8) is 0 Å². The number of nitriles is 1. The van der Waals surface area contributed by atoms with Gasteiger partial charge < -0.3 is 19.3 Å². The Hall–Kier alpha value is -4.13. The van der Waals surface area contributed by atoms with Gasteiger partial charge >= 0.3 is 6.09 Å². The van der Waals surface area contributed by atoms with E-state index >= 15 is 8.78 Å². The van der Waals surface area contributed by atoms with E-state index in [0.29, 0.717) is 16.5 Å². The van der Waals surface area contributed by atoms with Crippen molar-refractivity contribution in [1.29, 1.82) is 5.26 Å². The standard InChI is InChI=1S/C30H29F4N7O3S/c1-30(2,3)44-29(42)39-27-13(6-35)21-24(36-8-18(31)25(21)45-27)20-17-12-43-11-16(17)14-7-37-28(38-23(14)22(20)32)41-9-15(26(33)34)19(10-41)40(4)5/h7-8,15,19,26H,9-12H2,1-5H3,(H,39,42). The third kappa shape index (κ3) is 5.40. The van der Waals surface area contributed by atoms with E-state index in [9.17, 15) is 18.8 Å². The number of hydrogen-bond donors (Lipinski definition) is 1. The summed E-state index contributed by atoms with van der Waals surface area (Å²) in [6, 6.07) is 1.55. The van der Waals surface area contributed by atoms with Crippen molar-refractivity contribution < 1.29 is 31.8 Å². The lowest BCUT2D eigenvalue weighted by Gasteiger charge is -2.24. The first-order valence-corrected chi connectivity index (χ1v) is 14.9. The molecule has 0 spiro atoms. The number of fused-ring (bicyclic) bond motifs is 4. The molecule has 236 valence electrons. The number of amides is 1. The SMILES string of the molecule is CN(C)C1CN(c2ncc3c4c(c(-c5ncc(F)c6sc(NC(=O)OC(C)(C)C)c(C#N)c56)c(F)c3n2)COC4)CC1C(F)F. The molecule has 0 bridgehead atoms. The Morgan fingerprint density at radius 3 is 2.58 bits per heavy atom. The van der Waals surface area contributed by atoms with Gasteiger partial charge in [-0.3, -0.25) is 10.3 Å². The molecule has 0 saturated carbocycles. The molecular formula is C30H29F4N7O3S. The number of aromatic nitrogens is 3. The van der Waals surface area contributed by atoms with Crippen molar-refractivity contribution in [1.82, 2.24) is 19.9 Å². The van der Waals surface area contributed by atoms with Crippen LogP contribution in [0.25, 0.3) is 32.2 Å². The fourth-order valence-electron chi connectivity index (χ4n) is 5.92. The molecule has 2 aliphatic rings. The van der Waals surface area contributed by atoms with Crippen LogP contribution in [-0.4, -0.2) is 71.2 Å². The first-order chi connectivity index (χ1) is 21.3. The van der Waals surface area contributed by atoms with Gasteiger partial charge in [-0.05, 0) is 46.0 Å². The van der Waals surface area contributed by atoms with Crippen LogP contribution < -0.4 is 10.2 Å². The van der Waals surface area contributed by atoms with Crippen LogP contribution in [0.4, 0.5) is 33.3 Å². The lowest BCUT2D eigenvalue weighted by molar-refractivity contribution is 0.0521. The summed E-state index contributed by atoms with van der Waals surface area (Å²) in [7, 11) is 3.45. The summed E-state index contributed by atoms with van der Waals surface area (Å²) in [4.78, 5) is 29.0. The highest BCUT2D eigenvalue weighted by atomic mass is 32.1. The molecular weight excluding hydrogens is 614 g/mol. The summed E-state index contributed by atoms with van der Waals surface area (Å²) in [6.07, 6.45) is -1.02. The zero-order valence-corrected chi connectivity index (χ0v) is 25.9. The second kappa shape index (κ2) is 11.3. The molecule has 2 aliphatic heterocycles. The van der Waals surface area contributed by atoms with Crippen LogP contribution in [0.2, 0.25) is 0 Å². The Morgan fingerprint density at radius 1 is 1.20 bits per heavy atom. The van der Waals surface area contributed by atoms with Crippen molar-refractivity contribution in [2.75, 3.05) is 37.4 Å². The Kier molecular flexibility index (Phi) is 7.78. The molecule has 1 saturated heterocycles. The van der Waals surface area contributed by atoms with Crippen LogP contribution in [0.1, 0.15) is 37.5 Å². The number of nitrogens with one attached hydrogen (secondary N) is 1. The first kappa shape index (κ1) is 30.9. The van der Waals surface area contributed by atoms with Gasteiger partial charge in [0, 0.05) is 41.7 Å². The molecule has 1 fully saturated rings. The fraction of sp³-hybridized carbons (Fsp3) is 0.433. The Morgan fingerprint density at radius 2 is 1.93 bits per heavy atom. The number of nitrogens with zero attached hydrogens (tertiary/aromatic N) is 6. The number of anilines is 2. The van der Waals surface area contributed by atoms with Crippen molar-refractivity contribution >= 4 is 49.4 Å². The highest BCUT2D eigenvalue weighted by Gasteiger charge is 2.41. The maximum atomic E-state index is 16.8. The summed E-state index contributed by atoms with van der Waals surface area (Å²) in [5.74, 6) is -2.42. The minimum Gasteiger partial charge on any atom is -0.444 e. The summed E-state index contributed by atoms with van der Waals surface area (Å²) < 4.78 is 70.6. The molecule has 1 amide bonds. The number of benzene rings is 1. The van der Waals surface area contributed by atoms with Crippen molar-refractivity contribution in [2.24, 2.45) is 5.92 Å². The fourth-order valence-corrected chi connectivity index (χ4v) is 6.96. The lowest BCUT2D eigenvalue weighted by Crippen LogP contribution is -2.38. The van der Waals surface area contributed by atoms with Crippen molar-refractivity contribution in [2.45, 2.75) is 52.1 Å². The molecule has 0 aliphatic carbocycles. The average Bonchev–Trinajstić information content (AvgIpc) is 3.70. The van der Waals surface area contributed by atoms with E-state index in [1.807, 2.05) is 6.07 Å². The normalized spacial score (nSPS) is 18.3. The van der Waals surface area contributed by atoms with Gasteiger partial charge in [0.15, 0.2) is 11.6 Å². The van der Waals surface area contributed by atoms with E-state index in [1.165, 1.54) is 6.20 Å². The summed E-state index contributed by atoms with van der Waals surface area (Å²) >= 11 is 0.805. The summed E-state index contributed by atoms with van der Waals surface area (Å²) in [5, 5.41) is 13.1. The van der Waals surface area contributed by atoms with Gasteiger partial charge in [0.1, 0.15) is 22.2 Å². The largest absolute Gasteiger partial charge is 0.444 e. The molecule has 2 unspecified atom stereocenters. The van der Waals surface area contributed by atoms with E-state index in [0.717, 1.165) is 17.5 Å². The van der Waals surface area contributed by atoms with Crippen molar-refractivity contribution in [3.05, 3.63) is 40.7 Å². The van der Waals surface area contributed by atoms with E-state index in [4.69, 9.17) is 9.47 Å². The molecule has 1 aromatic carbocycles. The van der Waals surface area contributed by atoms with Crippen LogP contribution in [0.15, 0.2) is 12.4 Å². The number of likely N-dealkylation sites (N-methyl/N-ethyl adjacent to an activating group) is 1. The zero-order chi connectivity index (χ0) is 32.4. The van der Waals surface area contributed by atoms with Gasteiger partial charge in [0.2, 0.25) is 12.4 Å². The van der Waals surface area contributed by atoms with E-state index in [1.54, 1.807) is 44.7 Å². The number of pyridine rings is 1. The van der Waals surface area contributed by atoms with E-state index in [-0.39, 0.29) is 69.7 Å². The predicted molar refractivity (Wildman–Crippen MR) is 160 cm³/mol. The smallest absolute Gasteiger partial charge is 0.412 e. The van der Waals surface area contributed by atoms with Gasteiger partial charge in [-0.15, -0.1) is 11.3 Å². The Labute approximate surface area is 259 Å². The third-order valence-corrected chi connectivity index (χ3v) is 9.04. The molecule has 3 aromatic heterocycles. The monoisotopic (exact) mass is 643 g/mol. The number of rotatable bonds is 5. The summed E-state index contributed by atoms with van der Waals surface area (Å²) in [5.41, 5.74) is -0.0231. The van der Waals surface area contributed by atoms with Gasteiger partial charge in [-0.2, -0.15) is 5.26 Å². The zero-order valence-electron chi connectivity index (χ0n) is 25.0. The predicted octanol–water partition coefficient (Wildman–Crippen LogP) is 6.07. The van der Waals surface area contributed by atoms with E-state index in [2.05, 4.69) is 20.3 Å². The second-order valence-electron chi connectivity index (χ2n) is 12.2. The number of carbonyl (C=O) groups is 1. The second-order valence-corrected chi connectivity index (χ2v) is 13.2. The van der Waals surface area contributed by atoms with Crippen LogP contribution in [-0.2, 0) is 22.7 Å². The maximum Gasteiger partial charge on any atom is 0.412 e. The molecule has 1 N–H and O–H groups in total. The molecule has 6 rings (SSSR count). The van der Waals surface area contributed by atoms with Gasteiger partial charge in [-0.1, -0.05) is 0 Å². The molecule has 10 nitrogen and oxygen atoms in total. The minimum absolute atomic E-state index is 0.0111. The van der Waals surface area contributed by atoms with E-state index < -0.39 is 41.7 Å². The number of halogens is 4. The number of hydrogen-bond acceptors (Lipinski definition) is 10. The quantitative estimate of drug-likeness (QED) is 0.259. The molecule has 4 aromatic rings. The average molecular weight is 644 g/mol. The molecule has 0 radical (unpaired) electrons. The summed E-state index contributed by atoms with van der Waals surface area (Å²) in [6.45, 7) is 5.37. The number of carbonyl (C=O) groups excluding carboxylic acids is 1. The molecule has 15 heteroatoms.